The van der Waals surface area contributed by atoms with Crippen LogP contribution in [0.15, 0.2) is 0 Å². The van der Waals surface area contributed by atoms with Crippen molar-refractivity contribution in [2.24, 2.45) is 5.92 Å². The van der Waals surface area contributed by atoms with Crippen LogP contribution in [0, 0.1) is 5.92 Å². The molecule has 1 fully saturated rings. The van der Waals surface area contributed by atoms with Crippen LogP contribution in [-0.2, 0) is 16.0 Å². The van der Waals surface area contributed by atoms with E-state index in [1.807, 2.05) is 0 Å². The maximum atomic E-state index is 12.0. The number of hydrogen-bond acceptors (Lipinski definition) is 6. The molecule has 0 radical (unpaired) electrons. The topological polar surface area (TPSA) is 104 Å². The Balaban J connectivity index is 1.77. The first-order valence-electron chi connectivity index (χ1n) is 7.95. The highest BCUT2D eigenvalue weighted by Gasteiger charge is 2.43. The van der Waals surface area contributed by atoms with E-state index in [9.17, 15) is 14.4 Å². The summed E-state index contributed by atoms with van der Waals surface area (Å²) in [4.78, 5) is 36.8. The first-order valence-corrected chi connectivity index (χ1v) is 8.77. The van der Waals surface area contributed by atoms with Gasteiger partial charge in [-0.15, -0.1) is 10.2 Å². The molecular weight excluding hydrogens is 330 g/mol. The molecule has 132 valence electrons. The molecule has 1 saturated heterocycles. The van der Waals surface area contributed by atoms with Crippen molar-refractivity contribution in [3.63, 3.8) is 0 Å². The predicted octanol–water partition coefficient (Wildman–Crippen LogP) is 1.79. The van der Waals surface area contributed by atoms with Crippen LogP contribution < -0.4 is 10.6 Å². The minimum Gasteiger partial charge on any atom is -0.324 e. The van der Waals surface area contributed by atoms with Crippen molar-refractivity contribution in [2.45, 2.75) is 52.5 Å². The van der Waals surface area contributed by atoms with E-state index in [1.165, 1.54) is 11.3 Å². The number of nitrogens with zero attached hydrogens (tertiary/aromatic N) is 3. The average Bonchev–Trinajstić information content (AvgIpc) is 2.95. The zero-order valence-electron chi connectivity index (χ0n) is 14.4. The summed E-state index contributed by atoms with van der Waals surface area (Å²) >= 11 is 1.37. The van der Waals surface area contributed by atoms with Crippen molar-refractivity contribution in [1.29, 1.82) is 0 Å². The van der Waals surface area contributed by atoms with Crippen molar-refractivity contribution in [2.75, 3.05) is 11.9 Å². The molecule has 0 unspecified atom stereocenters. The van der Waals surface area contributed by atoms with Gasteiger partial charge in [0, 0.05) is 19.4 Å². The first kappa shape index (κ1) is 18.3. The van der Waals surface area contributed by atoms with Crippen LogP contribution in [-0.4, -0.2) is 45.0 Å². The molecule has 0 aromatic carbocycles. The SMILES string of the molecule is CC(C)Cc1nnc(NC(=O)CCCN2C(=O)NC(C)(C)C2=O)s1. The minimum atomic E-state index is -0.876. The van der Waals surface area contributed by atoms with Crippen LogP contribution in [0.3, 0.4) is 0 Å². The third-order valence-electron chi connectivity index (χ3n) is 3.53. The van der Waals surface area contributed by atoms with E-state index in [-0.39, 0.29) is 24.8 Å². The molecule has 1 aliphatic heterocycles. The van der Waals surface area contributed by atoms with Crippen LogP contribution in [0.25, 0.3) is 0 Å². The molecule has 4 amide bonds. The van der Waals surface area contributed by atoms with Gasteiger partial charge in [0.15, 0.2) is 0 Å². The number of carbonyl (C=O) groups is 3. The van der Waals surface area contributed by atoms with Crippen molar-refractivity contribution < 1.29 is 14.4 Å². The summed E-state index contributed by atoms with van der Waals surface area (Å²) in [5, 5.41) is 14.7. The van der Waals surface area contributed by atoms with E-state index < -0.39 is 11.6 Å². The fraction of sp³-hybridized carbons (Fsp3) is 0.667. The van der Waals surface area contributed by atoms with Crippen molar-refractivity contribution >= 4 is 34.3 Å². The van der Waals surface area contributed by atoms with E-state index in [0.717, 1.165) is 16.3 Å². The Morgan fingerprint density at radius 1 is 1.33 bits per heavy atom. The Kier molecular flexibility index (Phi) is 5.53. The van der Waals surface area contributed by atoms with Gasteiger partial charge >= 0.3 is 6.03 Å². The summed E-state index contributed by atoms with van der Waals surface area (Å²) < 4.78 is 0. The minimum absolute atomic E-state index is 0.200. The lowest BCUT2D eigenvalue weighted by molar-refractivity contribution is -0.130. The first-order chi connectivity index (χ1) is 11.2. The smallest absolute Gasteiger partial charge is 0.324 e. The summed E-state index contributed by atoms with van der Waals surface area (Å²) in [6.45, 7) is 7.72. The highest BCUT2D eigenvalue weighted by Crippen LogP contribution is 2.19. The number of urea groups is 1. The molecule has 2 N–H and O–H groups in total. The third-order valence-corrected chi connectivity index (χ3v) is 4.39. The molecule has 2 heterocycles. The maximum absolute atomic E-state index is 12.0. The van der Waals surface area contributed by atoms with Gasteiger partial charge < -0.3 is 10.6 Å². The zero-order valence-corrected chi connectivity index (χ0v) is 15.2. The second kappa shape index (κ2) is 7.25. The number of rotatable bonds is 7. The molecule has 24 heavy (non-hydrogen) atoms. The van der Waals surface area contributed by atoms with Crippen LogP contribution in [0.2, 0.25) is 0 Å². The van der Waals surface area contributed by atoms with Gasteiger partial charge in [0.2, 0.25) is 11.0 Å². The van der Waals surface area contributed by atoms with Gasteiger partial charge in [-0.25, -0.2) is 4.79 Å². The summed E-state index contributed by atoms with van der Waals surface area (Å²) in [6, 6.07) is -0.409. The quantitative estimate of drug-likeness (QED) is 0.727. The van der Waals surface area contributed by atoms with Crippen molar-refractivity contribution in [1.82, 2.24) is 20.4 Å². The fourth-order valence-electron chi connectivity index (χ4n) is 2.34. The highest BCUT2D eigenvalue weighted by molar-refractivity contribution is 7.15. The summed E-state index contributed by atoms with van der Waals surface area (Å²) in [5.41, 5.74) is -0.876. The van der Waals surface area contributed by atoms with Crippen LogP contribution in [0.1, 0.15) is 45.5 Å². The monoisotopic (exact) mass is 353 g/mol. The molecule has 1 aromatic heterocycles. The summed E-state index contributed by atoms with van der Waals surface area (Å²) in [6.07, 6.45) is 1.44. The number of imide groups is 1. The number of amides is 4. The van der Waals surface area contributed by atoms with Gasteiger partial charge in [0.25, 0.3) is 5.91 Å². The van der Waals surface area contributed by atoms with E-state index in [4.69, 9.17) is 0 Å². The van der Waals surface area contributed by atoms with Crippen LogP contribution in [0.4, 0.5) is 9.93 Å². The van der Waals surface area contributed by atoms with Gasteiger partial charge in [-0.2, -0.15) is 0 Å². The van der Waals surface area contributed by atoms with Gasteiger partial charge in [-0.3, -0.25) is 14.5 Å². The molecule has 1 aromatic rings. The van der Waals surface area contributed by atoms with Crippen molar-refractivity contribution in [3.8, 4) is 0 Å². The second-order valence-corrected chi connectivity index (χ2v) is 7.82. The van der Waals surface area contributed by atoms with Gasteiger partial charge in [0.05, 0.1) is 0 Å². The van der Waals surface area contributed by atoms with Gasteiger partial charge in [-0.1, -0.05) is 25.2 Å². The third kappa shape index (κ3) is 4.50. The van der Waals surface area contributed by atoms with E-state index in [0.29, 0.717) is 17.5 Å². The Labute approximate surface area is 145 Å². The van der Waals surface area contributed by atoms with Gasteiger partial charge in [0.1, 0.15) is 10.5 Å². The van der Waals surface area contributed by atoms with Crippen LogP contribution >= 0.6 is 11.3 Å². The summed E-state index contributed by atoms with van der Waals surface area (Å²) in [5.74, 6) is 0.0128. The number of anilines is 1. The molecule has 2 rings (SSSR count). The second-order valence-electron chi connectivity index (χ2n) is 6.76. The van der Waals surface area contributed by atoms with Gasteiger partial charge in [-0.05, 0) is 26.2 Å². The predicted molar refractivity (Wildman–Crippen MR) is 90.6 cm³/mol. The Morgan fingerprint density at radius 2 is 2.04 bits per heavy atom. The highest BCUT2D eigenvalue weighted by atomic mass is 32.1. The molecule has 0 saturated carbocycles. The maximum Gasteiger partial charge on any atom is 0.325 e. The number of carbonyl (C=O) groups excluding carboxylic acids is 3. The zero-order chi connectivity index (χ0) is 17.9. The molecule has 0 aliphatic carbocycles. The summed E-state index contributed by atoms with van der Waals surface area (Å²) in [7, 11) is 0. The number of aromatic nitrogens is 2. The van der Waals surface area contributed by atoms with Crippen LogP contribution in [0.5, 0.6) is 0 Å². The molecule has 8 nitrogen and oxygen atoms in total. The molecule has 9 heteroatoms. The Bertz CT molecular complexity index is 641. The number of nitrogens with one attached hydrogen (secondary N) is 2. The average molecular weight is 353 g/mol. The molecule has 1 aliphatic rings. The lowest BCUT2D eigenvalue weighted by Gasteiger charge is -2.15. The molecule has 0 bridgehead atoms. The standard InChI is InChI=1S/C15H23N5O3S/c1-9(2)8-11-18-19-13(24-11)16-10(21)6-5-7-20-12(22)15(3,4)17-14(20)23/h9H,5-8H2,1-4H3,(H,17,23)(H,16,19,21). The lowest BCUT2D eigenvalue weighted by Crippen LogP contribution is -2.40. The lowest BCUT2D eigenvalue weighted by atomic mass is 10.1. The van der Waals surface area contributed by atoms with E-state index >= 15 is 0 Å². The van der Waals surface area contributed by atoms with E-state index in [1.54, 1.807) is 13.8 Å². The molecule has 0 spiro atoms. The fourth-order valence-corrected chi connectivity index (χ4v) is 3.30. The number of hydrogen-bond donors (Lipinski definition) is 2. The molecular formula is C15H23N5O3S. The Hall–Kier alpha value is -2.03. The largest absolute Gasteiger partial charge is 0.325 e. The van der Waals surface area contributed by atoms with Crippen molar-refractivity contribution in [3.05, 3.63) is 5.01 Å². The molecule has 0 atom stereocenters. The Morgan fingerprint density at radius 3 is 2.62 bits per heavy atom. The van der Waals surface area contributed by atoms with E-state index in [2.05, 4.69) is 34.7 Å². The normalized spacial score (nSPS) is 16.6.